The molecule has 0 aromatic heterocycles. The standard InChI is InChI=1S/C12H20O4/c1-8(5-6-15-2)12(11(13)14)7-9-3-4-10(12)16-9/h8-10H,3-7H2,1-2H3,(H,13,14). The van der Waals surface area contributed by atoms with E-state index >= 15 is 0 Å². The molecule has 0 radical (unpaired) electrons. The smallest absolute Gasteiger partial charge is 0.312 e. The molecule has 0 aromatic carbocycles. The number of fused-ring (bicyclic) bond motifs is 2. The van der Waals surface area contributed by atoms with Gasteiger partial charge in [-0.3, -0.25) is 4.79 Å². The van der Waals surface area contributed by atoms with E-state index in [4.69, 9.17) is 9.47 Å². The zero-order chi connectivity index (χ0) is 11.8. The zero-order valence-electron chi connectivity index (χ0n) is 9.94. The van der Waals surface area contributed by atoms with Crippen molar-refractivity contribution < 1.29 is 19.4 Å². The summed E-state index contributed by atoms with van der Waals surface area (Å²) < 4.78 is 10.8. The molecular formula is C12H20O4. The minimum atomic E-state index is -0.691. The first kappa shape index (κ1) is 11.9. The summed E-state index contributed by atoms with van der Waals surface area (Å²) in [5.41, 5.74) is -0.665. The molecule has 4 heteroatoms. The fourth-order valence-corrected chi connectivity index (χ4v) is 3.25. The highest BCUT2D eigenvalue weighted by molar-refractivity contribution is 5.76. The molecule has 0 saturated carbocycles. The molecule has 0 amide bonds. The van der Waals surface area contributed by atoms with E-state index in [0.29, 0.717) is 13.0 Å². The summed E-state index contributed by atoms with van der Waals surface area (Å²) in [7, 11) is 1.65. The number of aliphatic carboxylic acids is 1. The molecule has 2 heterocycles. The van der Waals surface area contributed by atoms with E-state index in [2.05, 4.69) is 0 Å². The molecule has 0 aromatic rings. The number of carbonyl (C=O) groups is 1. The predicted octanol–water partition coefficient (Wildman–Crippen LogP) is 1.68. The first-order valence-corrected chi connectivity index (χ1v) is 5.99. The molecule has 2 bridgehead atoms. The number of carboxylic acids is 1. The van der Waals surface area contributed by atoms with Crippen LogP contribution >= 0.6 is 0 Å². The maximum atomic E-state index is 11.6. The quantitative estimate of drug-likeness (QED) is 0.778. The van der Waals surface area contributed by atoms with Gasteiger partial charge >= 0.3 is 5.97 Å². The van der Waals surface area contributed by atoms with Gasteiger partial charge in [-0.15, -0.1) is 0 Å². The van der Waals surface area contributed by atoms with Crippen LogP contribution in [0.3, 0.4) is 0 Å². The third kappa shape index (κ3) is 1.64. The van der Waals surface area contributed by atoms with Crippen LogP contribution in [0.2, 0.25) is 0 Å². The molecule has 0 aliphatic carbocycles. The molecule has 4 atom stereocenters. The number of methoxy groups -OCH3 is 1. The molecule has 92 valence electrons. The number of carboxylic acid groups (broad SMARTS) is 1. The third-order valence-corrected chi connectivity index (χ3v) is 4.28. The number of rotatable bonds is 5. The first-order valence-electron chi connectivity index (χ1n) is 5.99. The average Bonchev–Trinajstić information content (AvgIpc) is 2.85. The van der Waals surface area contributed by atoms with Gasteiger partial charge in [0, 0.05) is 13.7 Å². The van der Waals surface area contributed by atoms with Crippen molar-refractivity contribution in [2.45, 2.75) is 44.8 Å². The van der Waals surface area contributed by atoms with Gasteiger partial charge in [0.05, 0.1) is 17.6 Å². The minimum Gasteiger partial charge on any atom is -0.481 e. The molecule has 2 fully saturated rings. The summed E-state index contributed by atoms with van der Waals surface area (Å²) in [4.78, 5) is 11.6. The van der Waals surface area contributed by atoms with Crippen LogP contribution in [0.1, 0.15) is 32.6 Å². The lowest BCUT2D eigenvalue weighted by molar-refractivity contribution is -0.157. The predicted molar refractivity (Wildman–Crippen MR) is 58.2 cm³/mol. The highest BCUT2D eigenvalue weighted by Crippen LogP contribution is 2.53. The molecule has 2 rings (SSSR count). The van der Waals surface area contributed by atoms with Gasteiger partial charge in [0.25, 0.3) is 0 Å². The van der Waals surface area contributed by atoms with E-state index in [9.17, 15) is 9.90 Å². The Morgan fingerprint density at radius 3 is 2.81 bits per heavy atom. The summed E-state index contributed by atoms with van der Waals surface area (Å²) in [5, 5.41) is 9.53. The second-order valence-corrected chi connectivity index (χ2v) is 5.06. The first-order chi connectivity index (χ1) is 7.61. The van der Waals surface area contributed by atoms with Gasteiger partial charge in [-0.25, -0.2) is 0 Å². The van der Waals surface area contributed by atoms with Gasteiger partial charge < -0.3 is 14.6 Å². The van der Waals surface area contributed by atoms with E-state index in [1.54, 1.807) is 7.11 Å². The van der Waals surface area contributed by atoms with Crippen molar-refractivity contribution in [3.63, 3.8) is 0 Å². The van der Waals surface area contributed by atoms with Crippen LogP contribution in [0.5, 0.6) is 0 Å². The summed E-state index contributed by atoms with van der Waals surface area (Å²) in [5.74, 6) is -0.580. The number of hydrogen-bond donors (Lipinski definition) is 1. The second kappa shape index (κ2) is 4.34. The van der Waals surface area contributed by atoms with Crippen molar-refractivity contribution in [2.75, 3.05) is 13.7 Å². The Bertz CT molecular complexity index is 278. The third-order valence-electron chi connectivity index (χ3n) is 4.28. The zero-order valence-corrected chi connectivity index (χ0v) is 9.94. The Morgan fingerprint density at radius 2 is 2.38 bits per heavy atom. The van der Waals surface area contributed by atoms with Crippen LogP contribution in [-0.4, -0.2) is 37.0 Å². The Hall–Kier alpha value is -0.610. The van der Waals surface area contributed by atoms with Crippen molar-refractivity contribution in [3.05, 3.63) is 0 Å². The van der Waals surface area contributed by atoms with Crippen LogP contribution in [-0.2, 0) is 14.3 Å². The molecule has 2 saturated heterocycles. The van der Waals surface area contributed by atoms with Crippen LogP contribution in [0.25, 0.3) is 0 Å². The highest BCUT2D eigenvalue weighted by atomic mass is 16.5. The molecule has 4 nitrogen and oxygen atoms in total. The van der Waals surface area contributed by atoms with Crippen molar-refractivity contribution in [1.29, 1.82) is 0 Å². The molecule has 1 N–H and O–H groups in total. The van der Waals surface area contributed by atoms with Crippen LogP contribution < -0.4 is 0 Å². The van der Waals surface area contributed by atoms with E-state index < -0.39 is 11.4 Å². The number of hydrogen-bond acceptors (Lipinski definition) is 3. The molecule has 16 heavy (non-hydrogen) atoms. The van der Waals surface area contributed by atoms with Crippen molar-refractivity contribution in [2.24, 2.45) is 11.3 Å². The van der Waals surface area contributed by atoms with E-state index in [1.807, 2.05) is 6.92 Å². The SMILES string of the molecule is COCCC(C)C1(C(=O)O)CC2CCC1O2. The van der Waals surface area contributed by atoms with Gasteiger partial charge in [0.2, 0.25) is 0 Å². The summed E-state index contributed by atoms with van der Waals surface area (Å²) in [6.07, 6.45) is 3.48. The van der Waals surface area contributed by atoms with Gasteiger partial charge in [-0.05, 0) is 31.6 Å². The maximum Gasteiger partial charge on any atom is 0.312 e. The fraction of sp³-hybridized carbons (Fsp3) is 0.917. The molecule has 2 aliphatic heterocycles. The topological polar surface area (TPSA) is 55.8 Å². The summed E-state index contributed by atoms with van der Waals surface area (Å²) in [6, 6.07) is 0. The minimum absolute atomic E-state index is 0.0816. The molecule has 2 aliphatic rings. The normalized spacial score (nSPS) is 38.9. The largest absolute Gasteiger partial charge is 0.481 e. The number of ether oxygens (including phenoxy) is 2. The van der Waals surface area contributed by atoms with Gasteiger partial charge in [0.1, 0.15) is 0 Å². The van der Waals surface area contributed by atoms with Crippen LogP contribution in [0.15, 0.2) is 0 Å². The van der Waals surface area contributed by atoms with E-state index in [1.165, 1.54) is 0 Å². The average molecular weight is 228 g/mol. The monoisotopic (exact) mass is 228 g/mol. The van der Waals surface area contributed by atoms with Gasteiger partial charge in [-0.1, -0.05) is 6.92 Å². The van der Waals surface area contributed by atoms with E-state index in [0.717, 1.165) is 19.3 Å². The van der Waals surface area contributed by atoms with E-state index in [-0.39, 0.29) is 18.1 Å². The highest BCUT2D eigenvalue weighted by Gasteiger charge is 2.59. The van der Waals surface area contributed by atoms with Crippen molar-refractivity contribution in [3.8, 4) is 0 Å². The van der Waals surface area contributed by atoms with Crippen LogP contribution in [0, 0.1) is 11.3 Å². The van der Waals surface area contributed by atoms with Crippen LogP contribution in [0.4, 0.5) is 0 Å². The summed E-state index contributed by atoms with van der Waals surface area (Å²) in [6.45, 7) is 2.63. The lowest BCUT2D eigenvalue weighted by Crippen LogP contribution is -2.45. The maximum absolute atomic E-state index is 11.6. The summed E-state index contributed by atoms with van der Waals surface area (Å²) >= 11 is 0. The second-order valence-electron chi connectivity index (χ2n) is 5.06. The lowest BCUT2D eigenvalue weighted by Gasteiger charge is -2.36. The lowest BCUT2D eigenvalue weighted by atomic mass is 9.65. The van der Waals surface area contributed by atoms with Gasteiger partial charge in [0.15, 0.2) is 0 Å². The molecule has 4 unspecified atom stereocenters. The molecule has 0 spiro atoms. The Balaban J connectivity index is 2.13. The van der Waals surface area contributed by atoms with Crippen molar-refractivity contribution in [1.82, 2.24) is 0 Å². The fourth-order valence-electron chi connectivity index (χ4n) is 3.25. The van der Waals surface area contributed by atoms with Gasteiger partial charge in [-0.2, -0.15) is 0 Å². The Labute approximate surface area is 95.9 Å². The van der Waals surface area contributed by atoms with Crippen molar-refractivity contribution >= 4 is 5.97 Å². The Kier molecular flexibility index (Phi) is 3.22. The Morgan fingerprint density at radius 1 is 1.62 bits per heavy atom. The molecular weight excluding hydrogens is 208 g/mol.